The normalized spacial score (nSPS) is 21.3. The molecule has 76 valence electrons. The lowest BCUT2D eigenvalue weighted by atomic mass is 9.87. The molecule has 13 heavy (non-hydrogen) atoms. The molecule has 4 heteroatoms. The first-order valence-corrected chi connectivity index (χ1v) is 4.94. The van der Waals surface area contributed by atoms with E-state index >= 15 is 0 Å². The van der Waals surface area contributed by atoms with Crippen molar-refractivity contribution in [3.8, 4) is 0 Å². The molecule has 0 aromatic carbocycles. The van der Waals surface area contributed by atoms with E-state index < -0.39 is 0 Å². The second-order valence-electron chi connectivity index (χ2n) is 3.76. The predicted molar refractivity (Wildman–Crippen MR) is 51.9 cm³/mol. The Morgan fingerprint density at radius 3 is 2.54 bits per heavy atom. The third kappa shape index (κ3) is 3.32. The Labute approximate surface area is 79.0 Å². The highest BCUT2D eigenvalue weighted by Gasteiger charge is 2.20. The maximum Gasteiger partial charge on any atom is 0.221 e. The van der Waals surface area contributed by atoms with Gasteiger partial charge in [-0.15, -0.1) is 0 Å². The van der Waals surface area contributed by atoms with Crippen molar-refractivity contribution in [1.29, 1.82) is 0 Å². The van der Waals surface area contributed by atoms with Crippen LogP contribution in [0.3, 0.4) is 0 Å². The molecule has 1 fully saturated rings. The zero-order valence-corrected chi connectivity index (χ0v) is 7.96. The molecule has 1 rings (SSSR count). The summed E-state index contributed by atoms with van der Waals surface area (Å²) in [5.41, 5.74) is 10.7. The molecule has 1 saturated heterocycles. The van der Waals surface area contributed by atoms with Crippen molar-refractivity contribution >= 4 is 5.91 Å². The average molecular weight is 185 g/mol. The number of primary amides is 1. The highest BCUT2D eigenvalue weighted by Crippen LogP contribution is 2.20. The first kappa shape index (κ1) is 10.5. The predicted octanol–water partition coefficient (Wildman–Crippen LogP) is -0.564. The van der Waals surface area contributed by atoms with Gasteiger partial charge in [-0.3, -0.25) is 4.79 Å². The van der Waals surface area contributed by atoms with E-state index in [1.54, 1.807) is 0 Å². The van der Waals surface area contributed by atoms with Crippen LogP contribution in [-0.4, -0.2) is 25.5 Å². The van der Waals surface area contributed by atoms with Crippen LogP contribution in [0.15, 0.2) is 0 Å². The Bertz CT molecular complexity index is 166. The standard InChI is InChI=1S/C9H19N3O/c10-6-8(9(11)13)5-7-1-3-12-4-2-7/h7-8,12H,1-6,10H2,(H2,11,13). The minimum atomic E-state index is -0.249. The van der Waals surface area contributed by atoms with Gasteiger partial charge in [0.25, 0.3) is 0 Å². The average Bonchev–Trinajstić information content (AvgIpc) is 2.15. The fourth-order valence-electron chi connectivity index (χ4n) is 1.85. The van der Waals surface area contributed by atoms with E-state index in [0.29, 0.717) is 12.5 Å². The van der Waals surface area contributed by atoms with Crippen molar-refractivity contribution < 1.29 is 4.79 Å². The first-order valence-electron chi connectivity index (χ1n) is 4.94. The number of amides is 1. The molecule has 0 radical (unpaired) electrons. The molecule has 0 aromatic heterocycles. The molecule has 5 N–H and O–H groups in total. The Morgan fingerprint density at radius 2 is 2.08 bits per heavy atom. The number of carbonyl (C=O) groups excluding carboxylic acids is 1. The van der Waals surface area contributed by atoms with E-state index in [1.165, 1.54) is 0 Å². The summed E-state index contributed by atoms with van der Waals surface area (Å²) in [5, 5.41) is 3.29. The summed E-state index contributed by atoms with van der Waals surface area (Å²) in [6, 6.07) is 0. The molecule has 0 aromatic rings. The summed E-state index contributed by atoms with van der Waals surface area (Å²) in [4.78, 5) is 10.9. The first-order chi connectivity index (χ1) is 6.24. The van der Waals surface area contributed by atoms with Crippen LogP contribution in [0.4, 0.5) is 0 Å². The highest BCUT2D eigenvalue weighted by atomic mass is 16.1. The molecule has 0 aliphatic carbocycles. The summed E-state index contributed by atoms with van der Waals surface area (Å²) in [5.74, 6) is 0.256. The van der Waals surface area contributed by atoms with Gasteiger partial charge in [0.1, 0.15) is 0 Å². The van der Waals surface area contributed by atoms with Gasteiger partial charge in [-0.25, -0.2) is 0 Å². The lowest BCUT2D eigenvalue weighted by molar-refractivity contribution is -0.122. The molecule has 1 heterocycles. The maximum absolute atomic E-state index is 10.9. The van der Waals surface area contributed by atoms with Crippen molar-refractivity contribution in [2.45, 2.75) is 19.3 Å². The molecule has 1 aliphatic heterocycles. The van der Waals surface area contributed by atoms with Crippen LogP contribution < -0.4 is 16.8 Å². The number of carbonyl (C=O) groups is 1. The molecular formula is C9H19N3O. The van der Waals surface area contributed by atoms with E-state index in [4.69, 9.17) is 11.5 Å². The zero-order chi connectivity index (χ0) is 9.68. The maximum atomic E-state index is 10.9. The van der Waals surface area contributed by atoms with Crippen LogP contribution in [0.2, 0.25) is 0 Å². The molecule has 1 atom stereocenters. The lowest BCUT2D eigenvalue weighted by Gasteiger charge is -2.25. The van der Waals surface area contributed by atoms with Gasteiger partial charge in [-0.1, -0.05) is 0 Å². The van der Waals surface area contributed by atoms with Crippen LogP contribution in [0.5, 0.6) is 0 Å². The molecule has 0 spiro atoms. The van der Waals surface area contributed by atoms with Crippen molar-refractivity contribution in [3.63, 3.8) is 0 Å². The van der Waals surface area contributed by atoms with Gasteiger partial charge in [0.15, 0.2) is 0 Å². The largest absolute Gasteiger partial charge is 0.369 e. The van der Waals surface area contributed by atoms with Gasteiger partial charge in [-0.05, 0) is 38.3 Å². The number of hydrogen-bond acceptors (Lipinski definition) is 3. The summed E-state index contributed by atoms with van der Waals surface area (Å²) in [6.45, 7) is 2.50. The van der Waals surface area contributed by atoms with Crippen LogP contribution in [0.1, 0.15) is 19.3 Å². The van der Waals surface area contributed by atoms with Crippen LogP contribution in [0, 0.1) is 11.8 Å². The molecule has 1 aliphatic rings. The van der Waals surface area contributed by atoms with Crippen molar-refractivity contribution in [1.82, 2.24) is 5.32 Å². The minimum absolute atomic E-state index is 0.122. The Balaban J connectivity index is 2.31. The second-order valence-corrected chi connectivity index (χ2v) is 3.76. The Hall–Kier alpha value is -0.610. The van der Waals surface area contributed by atoms with E-state index in [1.807, 2.05) is 0 Å². The second kappa shape index (κ2) is 5.19. The van der Waals surface area contributed by atoms with E-state index in [-0.39, 0.29) is 11.8 Å². The van der Waals surface area contributed by atoms with Gasteiger partial charge in [0, 0.05) is 6.54 Å². The number of piperidine rings is 1. The number of nitrogens with two attached hydrogens (primary N) is 2. The fourth-order valence-corrected chi connectivity index (χ4v) is 1.85. The SMILES string of the molecule is NCC(CC1CCNCC1)C(N)=O. The monoisotopic (exact) mass is 185 g/mol. The van der Waals surface area contributed by atoms with Gasteiger partial charge < -0.3 is 16.8 Å². The Kier molecular flexibility index (Phi) is 4.18. The molecule has 4 nitrogen and oxygen atoms in total. The minimum Gasteiger partial charge on any atom is -0.369 e. The summed E-state index contributed by atoms with van der Waals surface area (Å²) >= 11 is 0. The quantitative estimate of drug-likeness (QED) is 0.549. The third-order valence-corrected chi connectivity index (χ3v) is 2.76. The van der Waals surface area contributed by atoms with Crippen LogP contribution in [0.25, 0.3) is 0 Å². The van der Waals surface area contributed by atoms with Gasteiger partial charge in [-0.2, -0.15) is 0 Å². The topological polar surface area (TPSA) is 81.1 Å². The zero-order valence-electron chi connectivity index (χ0n) is 7.96. The molecular weight excluding hydrogens is 166 g/mol. The van der Waals surface area contributed by atoms with Crippen molar-refractivity contribution in [2.24, 2.45) is 23.3 Å². The Morgan fingerprint density at radius 1 is 1.46 bits per heavy atom. The van der Waals surface area contributed by atoms with Gasteiger partial charge in [0.2, 0.25) is 5.91 Å². The molecule has 1 unspecified atom stereocenters. The smallest absolute Gasteiger partial charge is 0.221 e. The number of rotatable bonds is 4. The van der Waals surface area contributed by atoms with Crippen molar-refractivity contribution in [3.05, 3.63) is 0 Å². The molecule has 0 bridgehead atoms. The van der Waals surface area contributed by atoms with E-state index in [2.05, 4.69) is 5.32 Å². The van der Waals surface area contributed by atoms with Crippen molar-refractivity contribution in [2.75, 3.05) is 19.6 Å². The number of hydrogen-bond donors (Lipinski definition) is 3. The van der Waals surface area contributed by atoms with Gasteiger partial charge in [0.05, 0.1) is 5.92 Å². The number of nitrogens with one attached hydrogen (secondary N) is 1. The fraction of sp³-hybridized carbons (Fsp3) is 0.889. The third-order valence-electron chi connectivity index (χ3n) is 2.76. The lowest BCUT2D eigenvalue weighted by Crippen LogP contribution is -2.35. The molecule has 0 saturated carbocycles. The van der Waals surface area contributed by atoms with Gasteiger partial charge >= 0.3 is 0 Å². The van der Waals surface area contributed by atoms with Crippen LogP contribution in [-0.2, 0) is 4.79 Å². The summed E-state index contributed by atoms with van der Waals surface area (Å²) in [7, 11) is 0. The summed E-state index contributed by atoms with van der Waals surface area (Å²) in [6.07, 6.45) is 3.15. The molecule has 1 amide bonds. The van der Waals surface area contributed by atoms with E-state index in [9.17, 15) is 4.79 Å². The summed E-state index contributed by atoms with van der Waals surface area (Å²) < 4.78 is 0. The van der Waals surface area contributed by atoms with Crippen LogP contribution >= 0.6 is 0 Å². The van der Waals surface area contributed by atoms with E-state index in [0.717, 1.165) is 32.4 Å². The highest BCUT2D eigenvalue weighted by molar-refractivity contribution is 5.76.